The van der Waals surface area contributed by atoms with Crippen LogP contribution in [-0.4, -0.2) is 30.6 Å². The van der Waals surface area contributed by atoms with Gasteiger partial charge in [0, 0.05) is 29.7 Å². The first-order valence-corrected chi connectivity index (χ1v) is 8.47. The van der Waals surface area contributed by atoms with Crippen LogP contribution in [0.2, 0.25) is 0 Å². The number of nitrogens with one attached hydrogen (secondary N) is 2. The Bertz CT molecular complexity index is 671. The van der Waals surface area contributed by atoms with Crippen LogP contribution < -0.4 is 15.8 Å². The molecule has 1 aromatic carbocycles. The average molecular weight is 314 g/mol. The first kappa shape index (κ1) is 15.7. The molecule has 0 amide bonds. The summed E-state index contributed by atoms with van der Waals surface area (Å²) in [6.07, 6.45) is 9.21. The van der Waals surface area contributed by atoms with Crippen LogP contribution in [-0.2, 0) is 6.42 Å². The number of hydrogen-bond acceptors (Lipinski definition) is 2. The number of methoxy groups -OCH3 is 1. The highest BCUT2D eigenvalue weighted by Crippen LogP contribution is 2.28. The van der Waals surface area contributed by atoms with Crippen LogP contribution in [0, 0.1) is 0 Å². The predicted molar refractivity (Wildman–Crippen MR) is 95.1 cm³/mol. The van der Waals surface area contributed by atoms with Gasteiger partial charge in [0.2, 0.25) is 0 Å². The van der Waals surface area contributed by atoms with Crippen LogP contribution in [0.3, 0.4) is 0 Å². The summed E-state index contributed by atoms with van der Waals surface area (Å²) in [4.78, 5) is 7.78. The van der Waals surface area contributed by atoms with Gasteiger partial charge in [0.05, 0.1) is 7.11 Å². The van der Waals surface area contributed by atoms with Crippen molar-refractivity contribution >= 4 is 16.9 Å². The summed E-state index contributed by atoms with van der Waals surface area (Å²) in [5, 5.41) is 4.50. The monoisotopic (exact) mass is 314 g/mol. The number of nitrogens with two attached hydrogens (primary N) is 1. The molecule has 1 aliphatic rings. The second-order valence-electron chi connectivity index (χ2n) is 6.19. The number of aromatic nitrogens is 1. The van der Waals surface area contributed by atoms with Crippen LogP contribution in [0.4, 0.5) is 0 Å². The van der Waals surface area contributed by atoms with Crippen molar-refractivity contribution in [2.45, 2.75) is 44.6 Å². The van der Waals surface area contributed by atoms with Gasteiger partial charge in [0.15, 0.2) is 5.96 Å². The Labute approximate surface area is 137 Å². The molecule has 5 heteroatoms. The van der Waals surface area contributed by atoms with Gasteiger partial charge in [-0.1, -0.05) is 25.3 Å². The molecule has 0 unspecified atom stereocenters. The third kappa shape index (κ3) is 3.78. The van der Waals surface area contributed by atoms with E-state index < -0.39 is 0 Å². The number of fused-ring (bicyclic) bond motifs is 1. The molecule has 1 fully saturated rings. The molecule has 0 aliphatic heterocycles. The van der Waals surface area contributed by atoms with Crippen LogP contribution in [0.15, 0.2) is 29.4 Å². The summed E-state index contributed by atoms with van der Waals surface area (Å²) in [5.74, 6) is 1.47. The number of nitrogens with zero attached hydrogens (tertiary/aromatic N) is 1. The molecule has 0 saturated heterocycles. The van der Waals surface area contributed by atoms with Crippen molar-refractivity contribution in [3.05, 3.63) is 30.0 Å². The van der Waals surface area contributed by atoms with Gasteiger partial charge >= 0.3 is 0 Å². The fourth-order valence-electron chi connectivity index (χ4n) is 3.39. The van der Waals surface area contributed by atoms with Gasteiger partial charge in [-0.05, 0) is 37.0 Å². The molecule has 23 heavy (non-hydrogen) atoms. The Morgan fingerprint density at radius 2 is 2.17 bits per heavy atom. The molecule has 0 radical (unpaired) electrons. The normalized spacial score (nSPS) is 16.7. The Hall–Kier alpha value is -2.17. The van der Waals surface area contributed by atoms with Crippen molar-refractivity contribution in [3.8, 4) is 5.75 Å². The van der Waals surface area contributed by atoms with E-state index in [1.54, 1.807) is 7.11 Å². The molecule has 1 aromatic heterocycles. The summed E-state index contributed by atoms with van der Waals surface area (Å²) in [7, 11) is 1.70. The van der Waals surface area contributed by atoms with E-state index in [1.807, 2.05) is 18.3 Å². The number of rotatable bonds is 5. The molecule has 124 valence electrons. The highest BCUT2D eigenvalue weighted by atomic mass is 16.5. The lowest BCUT2D eigenvalue weighted by Gasteiger charge is -2.23. The highest BCUT2D eigenvalue weighted by Gasteiger charge is 2.13. The Morgan fingerprint density at radius 3 is 2.96 bits per heavy atom. The molecule has 4 N–H and O–H groups in total. The fourth-order valence-corrected chi connectivity index (χ4v) is 3.39. The molecule has 0 spiro atoms. The number of benzene rings is 1. The lowest BCUT2D eigenvalue weighted by atomic mass is 9.96. The maximum atomic E-state index is 6.02. The van der Waals surface area contributed by atoms with E-state index in [0.717, 1.165) is 23.1 Å². The zero-order valence-electron chi connectivity index (χ0n) is 13.8. The largest absolute Gasteiger partial charge is 0.496 e. The number of aromatic amines is 1. The zero-order valence-corrected chi connectivity index (χ0v) is 13.8. The smallest absolute Gasteiger partial charge is 0.188 e. The van der Waals surface area contributed by atoms with Gasteiger partial charge in [-0.15, -0.1) is 0 Å². The molecule has 1 heterocycles. The number of hydrogen-bond donors (Lipinski definition) is 3. The minimum atomic E-state index is 0.501. The maximum Gasteiger partial charge on any atom is 0.188 e. The Balaban J connectivity index is 1.60. The van der Waals surface area contributed by atoms with Crippen LogP contribution in [0.1, 0.15) is 37.7 Å². The fraction of sp³-hybridized carbons (Fsp3) is 0.500. The SMILES string of the molecule is COc1cccc2[nH]cc(CCN=C(N)NC3CCCCC3)c12. The van der Waals surface area contributed by atoms with Crippen LogP contribution in [0.5, 0.6) is 5.75 Å². The lowest BCUT2D eigenvalue weighted by molar-refractivity contribution is 0.412. The first-order valence-electron chi connectivity index (χ1n) is 8.47. The van der Waals surface area contributed by atoms with Gasteiger partial charge in [-0.25, -0.2) is 0 Å². The van der Waals surface area contributed by atoms with Gasteiger partial charge in [-0.2, -0.15) is 0 Å². The van der Waals surface area contributed by atoms with Gasteiger partial charge in [-0.3, -0.25) is 4.99 Å². The lowest BCUT2D eigenvalue weighted by Crippen LogP contribution is -2.41. The van der Waals surface area contributed by atoms with Crippen molar-refractivity contribution in [1.29, 1.82) is 0 Å². The maximum absolute atomic E-state index is 6.02. The van der Waals surface area contributed by atoms with E-state index in [9.17, 15) is 0 Å². The molecular formula is C18H26N4O. The molecule has 0 atom stereocenters. The quantitative estimate of drug-likeness (QED) is 0.586. The molecule has 2 aromatic rings. The zero-order chi connectivity index (χ0) is 16.1. The minimum Gasteiger partial charge on any atom is -0.496 e. The summed E-state index contributed by atoms with van der Waals surface area (Å²) < 4.78 is 5.46. The van der Waals surface area contributed by atoms with Crippen molar-refractivity contribution in [2.24, 2.45) is 10.7 Å². The molecule has 0 bridgehead atoms. The second kappa shape index (κ2) is 7.40. The predicted octanol–water partition coefficient (Wildman–Crippen LogP) is 2.96. The highest BCUT2D eigenvalue weighted by molar-refractivity contribution is 5.89. The Kier molecular flexibility index (Phi) is 5.05. The molecule has 5 nitrogen and oxygen atoms in total. The number of H-pyrrole nitrogens is 1. The van der Waals surface area contributed by atoms with Crippen molar-refractivity contribution in [2.75, 3.05) is 13.7 Å². The van der Waals surface area contributed by atoms with E-state index in [2.05, 4.69) is 21.4 Å². The van der Waals surface area contributed by atoms with E-state index in [0.29, 0.717) is 18.5 Å². The minimum absolute atomic E-state index is 0.501. The van der Waals surface area contributed by atoms with Crippen molar-refractivity contribution in [3.63, 3.8) is 0 Å². The van der Waals surface area contributed by atoms with Gasteiger partial charge < -0.3 is 20.8 Å². The summed E-state index contributed by atoms with van der Waals surface area (Å²) in [6, 6.07) is 6.54. The topological polar surface area (TPSA) is 75.4 Å². The second-order valence-corrected chi connectivity index (χ2v) is 6.19. The summed E-state index contributed by atoms with van der Waals surface area (Å²) >= 11 is 0. The van der Waals surface area contributed by atoms with Gasteiger partial charge in [0.1, 0.15) is 5.75 Å². The first-order chi connectivity index (χ1) is 11.3. The van der Waals surface area contributed by atoms with Crippen molar-refractivity contribution in [1.82, 2.24) is 10.3 Å². The third-order valence-electron chi connectivity index (χ3n) is 4.59. The van der Waals surface area contributed by atoms with E-state index in [4.69, 9.17) is 10.5 Å². The van der Waals surface area contributed by atoms with Crippen LogP contribution in [0.25, 0.3) is 10.9 Å². The van der Waals surface area contributed by atoms with Gasteiger partial charge in [0.25, 0.3) is 0 Å². The molecule has 1 aliphatic carbocycles. The van der Waals surface area contributed by atoms with Crippen LogP contribution >= 0.6 is 0 Å². The third-order valence-corrected chi connectivity index (χ3v) is 4.59. The molecule has 3 rings (SSSR count). The van der Waals surface area contributed by atoms with Crippen molar-refractivity contribution < 1.29 is 4.74 Å². The number of aliphatic imine (C=N–C) groups is 1. The Morgan fingerprint density at radius 1 is 1.35 bits per heavy atom. The molecular weight excluding hydrogens is 288 g/mol. The summed E-state index contributed by atoms with van der Waals surface area (Å²) in [5.41, 5.74) is 8.33. The van der Waals surface area contributed by atoms with E-state index in [1.165, 1.54) is 37.7 Å². The average Bonchev–Trinajstić information content (AvgIpc) is 2.99. The number of ether oxygens (including phenoxy) is 1. The van der Waals surface area contributed by atoms with E-state index >= 15 is 0 Å². The summed E-state index contributed by atoms with van der Waals surface area (Å²) in [6.45, 7) is 0.677. The number of guanidine groups is 1. The standard InChI is InChI=1S/C18H26N4O/c1-23-16-9-5-8-15-17(16)13(12-21-15)10-11-20-18(19)22-14-6-3-2-4-7-14/h5,8-9,12,14,21H,2-4,6-7,10-11H2,1H3,(H3,19,20,22). The molecule has 1 saturated carbocycles. The van der Waals surface area contributed by atoms with E-state index in [-0.39, 0.29) is 0 Å².